The van der Waals surface area contributed by atoms with Crippen LogP contribution in [-0.2, 0) is 7.05 Å². The molecule has 2 rings (SSSR count). The van der Waals surface area contributed by atoms with Gasteiger partial charge in [-0.15, -0.1) is 0 Å². The molecule has 1 aliphatic carbocycles. The summed E-state index contributed by atoms with van der Waals surface area (Å²) in [4.78, 5) is 0. The van der Waals surface area contributed by atoms with E-state index >= 15 is 0 Å². The summed E-state index contributed by atoms with van der Waals surface area (Å²) in [6.07, 6.45) is 0. The highest BCUT2D eigenvalue weighted by Gasteiger charge is 2.58. The number of hydrogen-bond donors (Lipinski definition) is 1. The molecule has 1 aromatic rings. The molecule has 1 aliphatic rings. The minimum atomic E-state index is 0.354. The lowest BCUT2D eigenvalue weighted by Gasteiger charge is -2.03. The van der Waals surface area contributed by atoms with Gasteiger partial charge in [-0.3, -0.25) is 4.68 Å². The van der Waals surface area contributed by atoms with E-state index < -0.39 is 0 Å². The van der Waals surface area contributed by atoms with Crippen molar-refractivity contribution in [3.05, 3.63) is 17.0 Å². The average Bonchev–Trinajstić information content (AvgIpc) is 2.58. The van der Waals surface area contributed by atoms with Crippen molar-refractivity contribution in [1.29, 1.82) is 0 Å². The van der Waals surface area contributed by atoms with Crippen LogP contribution in [0.5, 0.6) is 0 Å². The SMILES string of the molecule is Cc1nn(C)c(C)c1[C@@H]1[C@@H](CN)C1(C)C. The van der Waals surface area contributed by atoms with Crippen LogP contribution in [0.3, 0.4) is 0 Å². The van der Waals surface area contributed by atoms with E-state index in [9.17, 15) is 0 Å². The molecule has 1 fully saturated rings. The van der Waals surface area contributed by atoms with Crippen molar-refractivity contribution in [2.45, 2.75) is 33.6 Å². The first-order chi connectivity index (χ1) is 6.91. The Kier molecular flexibility index (Phi) is 2.19. The highest BCUT2D eigenvalue weighted by molar-refractivity contribution is 5.38. The van der Waals surface area contributed by atoms with Crippen molar-refractivity contribution in [3.8, 4) is 0 Å². The first-order valence-corrected chi connectivity index (χ1v) is 5.61. The van der Waals surface area contributed by atoms with Gasteiger partial charge in [0.05, 0.1) is 5.69 Å². The van der Waals surface area contributed by atoms with Gasteiger partial charge >= 0.3 is 0 Å². The van der Waals surface area contributed by atoms with Crippen molar-refractivity contribution in [1.82, 2.24) is 9.78 Å². The fourth-order valence-electron chi connectivity index (χ4n) is 3.00. The Balaban J connectivity index is 2.40. The quantitative estimate of drug-likeness (QED) is 0.802. The fourth-order valence-corrected chi connectivity index (χ4v) is 3.00. The van der Waals surface area contributed by atoms with Crippen molar-refractivity contribution < 1.29 is 0 Å². The molecule has 1 heterocycles. The van der Waals surface area contributed by atoms with Crippen LogP contribution in [0.4, 0.5) is 0 Å². The number of nitrogens with two attached hydrogens (primary N) is 1. The Labute approximate surface area is 91.7 Å². The van der Waals surface area contributed by atoms with Crippen LogP contribution in [-0.4, -0.2) is 16.3 Å². The molecule has 2 N–H and O–H groups in total. The average molecular weight is 207 g/mol. The van der Waals surface area contributed by atoms with E-state index in [1.807, 2.05) is 11.7 Å². The van der Waals surface area contributed by atoms with Gasteiger partial charge in [0.25, 0.3) is 0 Å². The van der Waals surface area contributed by atoms with E-state index in [0.29, 0.717) is 17.3 Å². The van der Waals surface area contributed by atoms with Crippen LogP contribution in [0.15, 0.2) is 0 Å². The fraction of sp³-hybridized carbons (Fsp3) is 0.750. The molecule has 0 bridgehead atoms. The second kappa shape index (κ2) is 3.08. The number of aryl methyl sites for hydroxylation is 2. The summed E-state index contributed by atoms with van der Waals surface area (Å²) in [5, 5.41) is 4.48. The third kappa shape index (κ3) is 1.33. The maximum atomic E-state index is 5.82. The maximum absolute atomic E-state index is 5.82. The van der Waals surface area contributed by atoms with Gasteiger partial charge in [-0.2, -0.15) is 5.10 Å². The van der Waals surface area contributed by atoms with Crippen molar-refractivity contribution in [3.63, 3.8) is 0 Å². The molecule has 0 amide bonds. The normalized spacial score (nSPS) is 28.1. The van der Waals surface area contributed by atoms with Gasteiger partial charge in [0.1, 0.15) is 0 Å². The topological polar surface area (TPSA) is 43.8 Å². The van der Waals surface area contributed by atoms with E-state index in [1.165, 1.54) is 17.0 Å². The summed E-state index contributed by atoms with van der Waals surface area (Å²) in [6, 6.07) is 0. The van der Waals surface area contributed by atoms with Crippen molar-refractivity contribution in [2.24, 2.45) is 24.1 Å². The van der Waals surface area contributed by atoms with Gasteiger partial charge in [0.15, 0.2) is 0 Å². The highest BCUT2D eigenvalue weighted by atomic mass is 15.3. The van der Waals surface area contributed by atoms with Gasteiger partial charge in [-0.1, -0.05) is 13.8 Å². The van der Waals surface area contributed by atoms with Gasteiger partial charge in [0, 0.05) is 12.7 Å². The Bertz CT molecular complexity index is 390. The standard InChI is InChI=1S/C12H21N3/c1-7-10(8(2)15(5)14-7)11-9(6-13)12(11,3)4/h9,11H,6,13H2,1-5H3/t9-,11+/m1/s1. The number of rotatable bonds is 2. The predicted molar refractivity (Wildman–Crippen MR) is 61.7 cm³/mol. The Morgan fingerprint density at radius 3 is 2.33 bits per heavy atom. The Morgan fingerprint density at radius 2 is 2.00 bits per heavy atom. The number of nitrogens with zero attached hydrogens (tertiary/aromatic N) is 2. The molecule has 0 aliphatic heterocycles. The van der Waals surface area contributed by atoms with Crippen LogP contribution >= 0.6 is 0 Å². The van der Waals surface area contributed by atoms with E-state index in [4.69, 9.17) is 5.73 Å². The summed E-state index contributed by atoms with van der Waals surface area (Å²) >= 11 is 0. The van der Waals surface area contributed by atoms with E-state index in [1.54, 1.807) is 0 Å². The van der Waals surface area contributed by atoms with Crippen LogP contribution in [0, 0.1) is 25.2 Å². The molecule has 0 aromatic carbocycles. The van der Waals surface area contributed by atoms with Gasteiger partial charge in [-0.25, -0.2) is 0 Å². The highest BCUT2D eigenvalue weighted by Crippen LogP contribution is 2.64. The zero-order chi connectivity index (χ0) is 11.4. The van der Waals surface area contributed by atoms with E-state index in [0.717, 1.165) is 6.54 Å². The van der Waals surface area contributed by atoms with Gasteiger partial charge in [0.2, 0.25) is 0 Å². The van der Waals surface area contributed by atoms with Crippen molar-refractivity contribution in [2.75, 3.05) is 6.54 Å². The largest absolute Gasteiger partial charge is 0.330 e. The molecular formula is C12H21N3. The second-order valence-corrected chi connectivity index (χ2v) is 5.35. The molecular weight excluding hydrogens is 186 g/mol. The molecule has 2 atom stereocenters. The molecule has 15 heavy (non-hydrogen) atoms. The molecule has 0 radical (unpaired) electrons. The molecule has 1 saturated carbocycles. The summed E-state index contributed by atoms with van der Waals surface area (Å²) < 4.78 is 1.98. The lowest BCUT2D eigenvalue weighted by atomic mass is 10.0. The smallest absolute Gasteiger partial charge is 0.0631 e. The van der Waals surface area contributed by atoms with E-state index in [2.05, 4.69) is 32.8 Å². The first-order valence-electron chi connectivity index (χ1n) is 5.61. The number of hydrogen-bond acceptors (Lipinski definition) is 2. The van der Waals surface area contributed by atoms with Crippen LogP contribution in [0.25, 0.3) is 0 Å². The molecule has 0 unspecified atom stereocenters. The first kappa shape index (κ1) is 10.7. The minimum absolute atomic E-state index is 0.354. The molecule has 0 spiro atoms. The summed E-state index contributed by atoms with van der Waals surface area (Å²) in [6.45, 7) is 9.65. The lowest BCUT2D eigenvalue weighted by Crippen LogP contribution is -2.05. The molecule has 0 saturated heterocycles. The van der Waals surface area contributed by atoms with Gasteiger partial charge in [-0.05, 0) is 43.2 Å². The summed E-state index contributed by atoms with van der Waals surface area (Å²) in [5.41, 5.74) is 10.1. The summed E-state index contributed by atoms with van der Waals surface area (Å²) in [7, 11) is 2.01. The minimum Gasteiger partial charge on any atom is -0.330 e. The zero-order valence-corrected chi connectivity index (χ0v) is 10.3. The maximum Gasteiger partial charge on any atom is 0.0631 e. The van der Waals surface area contributed by atoms with Crippen molar-refractivity contribution >= 4 is 0 Å². The molecule has 1 aromatic heterocycles. The Hall–Kier alpha value is -0.830. The monoisotopic (exact) mass is 207 g/mol. The van der Waals surface area contributed by atoms with Gasteiger partial charge < -0.3 is 5.73 Å². The Morgan fingerprint density at radius 1 is 1.40 bits per heavy atom. The second-order valence-electron chi connectivity index (χ2n) is 5.35. The number of aromatic nitrogens is 2. The van der Waals surface area contributed by atoms with Crippen LogP contribution < -0.4 is 5.73 Å². The molecule has 3 nitrogen and oxygen atoms in total. The lowest BCUT2D eigenvalue weighted by molar-refractivity contribution is 0.558. The third-order valence-corrected chi connectivity index (χ3v) is 4.18. The summed E-state index contributed by atoms with van der Waals surface area (Å²) in [5.74, 6) is 1.23. The zero-order valence-electron chi connectivity index (χ0n) is 10.3. The van der Waals surface area contributed by atoms with Crippen LogP contribution in [0.2, 0.25) is 0 Å². The van der Waals surface area contributed by atoms with E-state index in [-0.39, 0.29) is 0 Å². The third-order valence-electron chi connectivity index (χ3n) is 4.18. The molecule has 84 valence electrons. The molecule has 3 heteroatoms. The van der Waals surface area contributed by atoms with Crippen LogP contribution in [0.1, 0.15) is 36.7 Å². The predicted octanol–water partition coefficient (Wildman–Crippen LogP) is 1.74.